The molecule has 14 heavy (non-hydrogen) atoms. The highest BCUT2D eigenvalue weighted by Crippen LogP contribution is 2.38. The van der Waals surface area contributed by atoms with E-state index < -0.39 is 6.10 Å². The van der Waals surface area contributed by atoms with Gasteiger partial charge < -0.3 is 5.11 Å². The van der Waals surface area contributed by atoms with Gasteiger partial charge in [-0.25, -0.2) is 0 Å². The fourth-order valence-electron chi connectivity index (χ4n) is 2.17. The van der Waals surface area contributed by atoms with Crippen LogP contribution >= 0.6 is 11.6 Å². The Morgan fingerprint density at radius 1 is 1.64 bits per heavy atom. The molecule has 0 aromatic carbocycles. The molecular weight excluding hydrogens is 200 g/mol. The number of aliphatic hydroxyl groups is 1. The van der Waals surface area contributed by atoms with Crippen LogP contribution in [0.15, 0.2) is 6.20 Å². The monoisotopic (exact) mass is 214 g/mol. The van der Waals surface area contributed by atoms with E-state index in [4.69, 9.17) is 11.6 Å². The SMILES string of the molecule is CC(C)C1CCn2ncc(Cl)c2C1O. The van der Waals surface area contributed by atoms with Crippen molar-refractivity contribution in [1.82, 2.24) is 9.78 Å². The van der Waals surface area contributed by atoms with Crippen molar-refractivity contribution in [2.45, 2.75) is 32.9 Å². The molecule has 1 aliphatic heterocycles. The summed E-state index contributed by atoms with van der Waals surface area (Å²) in [5.41, 5.74) is 0.789. The number of hydrogen-bond acceptors (Lipinski definition) is 2. The highest BCUT2D eigenvalue weighted by molar-refractivity contribution is 6.31. The second-order valence-corrected chi connectivity index (χ2v) is 4.65. The van der Waals surface area contributed by atoms with Crippen molar-refractivity contribution in [2.75, 3.05) is 0 Å². The summed E-state index contributed by atoms with van der Waals surface area (Å²) in [4.78, 5) is 0. The Balaban J connectivity index is 2.34. The van der Waals surface area contributed by atoms with Crippen molar-refractivity contribution in [3.05, 3.63) is 16.9 Å². The molecule has 2 heterocycles. The second kappa shape index (κ2) is 3.55. The van der Waals surface area contributed by atoms with Crippen molar-refractivity contribution < 1.29 is 5.11 Å². The number of hydrogen-bond donors (Lipinski definition) is 1. The smallest absolute Gasteiger partial charge is 0.100 e. The van der Waals surface area contributed by atoms with Crippen LogP contribution in [0, 0.1) is 11.8 Å². The molecule has 0 amide bonds. The molecule has 0 aliphatic carbocycles. The van der Waals surface area contributed by atoms with E-state index in [1.54, 1.807) is 6.20 Å². The van der Waals surface area contributed by atoms with Crippen LogP contribution in [-0.4, -0.2) is 14.9 Å². The van der Waals surface area contributed by atoms with Gasteiger partial charge in [0.1, 0.15) is 6.10 Å². The third-order valence-electron chi connectivity index (χ3n) is 3.05. The molecule has 2 atom stereocenters. The highest BCUT2D eigenvalue weighted by Gasteiger charge is 2.32. The van der Waals surface area contributed by atoms with Gasteiger partial charge in [0.25, 0.3) is 0 Å². The van der Waals surface area contributed by atoms with Crippen LogP contribution < -0.4 is 0 Å². The summed E-state index contributed by atoms with van der Waals surface area (Å²) in [5.74, 6) is 0.779. The summed E-state index contributed by atoms with van der Waals surface area (Å²) in [5, 5.41) is 14.8. The predicted molar refractivity (Wildman–Crippen MR) is 55.1 cm³/mol. The summed E-state index contributed by atoms with van der Waals surface area (Å²) < 4.78 is 1.81. The average Bonchev–Trinajstić information content (AvgIpc) is 2.48. The molecule has 78 valence electrons. The van der Waals surface area contributed by atoms with Gasteiger partial charge in [-0.05, 0) is 18.3 Å². The normalized spacial score (nSPS) is 26.6. The van der Waals surface area contributed by atoms with Gasteiger partial charge in [-0.15, -0.1) is 0 Å². The van der Waals surface area contributed by atoms with E-state index in [0.29, 0.717) is 16.9 Å². The van der Waals surface area contributed by atoms with E-state index in [0.717, 1.165) is 18.7 Å². The third kappa shape index (κ3) is 1.44. The molecule has 1 aromatic heterocycles. The van der Waals surface area contributed by atoms with Crippen molar-refractivity contribution in [3.8, 4) is 0 Å². The Hall–Kier alpha value is -0.540. The standard InChI is InChI=1S/C10H15ClN2O/c1-6(2)7-3-4-13-9(10(7)14)8(11)5-12-13/h5-7,10,14H,3-4H2,1-2H3. The molecule has 0 spiro atoms. The number of fused-ring (bicyclic) bond motifs is 1. The quantitative estimate of drug-likeness (QED) is 0.779. The highest BCUT2D eigenvalue weighted by atomic mass is 35.5. The lowest BCUT2D eigenvalue weighted by Crippen LogP contribution is -2.28. The van der Waals surface area contributed by atoms with Crippen LogP contribution in [0.3, 0.4) is 0 Å². The van der Waals surface area contributed by atoms with Gasteiger partial charge in [0, 0.05) is 6.54 Å². The topological polar surface area (TPSA) is 38.0 Å². The minimum atomic E-state index is -0.459. The molecule has 0 bridgehead atoms. The van der Waals surface area contributed by atoms with Crippen LogP contribution in [0.2, 0.25) is 5.02 Å². The van der Waals surface area contributed by atoms with Gasteiger partial charge in [0.15, 0.2) is 0 Å². The molecule has 0 saturated carbocycles. The summed E-state index contributed by atoms with van der Waals surface area (Å²) in [6, 6.07) is 0. The maximum atomic E-state index is 10.1. The summed E-state index contributed by atoms with van der Waals surface area (Å²) >= 11 is 5.98. The largest absolute Gasteiger partial charge is 0.386 e. The summed E-state index contributed by atoms with van der Waals surface area (Å²) in [6.45, 7) is 5.13. The molecule has 4 heteroatoms. The molecule has 1 aromatic rings. The molecule has 3 nitrogen and oxygen atoms in total. The van der Waals surface area contributed by atoms with Crippen LogP contribution in [-0.2, 0) is 6.54 Å². The fraction of sp³-hybridized carbons (Fsp3) is 0.700. The number of rotatable bonds is 1. The van der Waals surface area contributed by atoms with Gasteiger partial charge >= 0.3 is 0 Å². The minimum absolute atomic E-state index is 0.302. The van der Waals surface area contributed by atoms with Crippen molar-refractivity contribution in [3.63, 3.8) is 0 Å². The molecule has 1 aliphatic rings. The Labute approximate surface area is 88.7 Å². The van der Waals surface area contributed by atoms with Crippen molar-refractivity contribution in [1.29, 1.82) is 0 Å². The van der Waals surface area contributed by atoms with E-state index >= 15 is 0 Å². The number of aliphatic hydroxyl groups excluding tert-OH is 1. The zero-order valence-electron chi connectivity index (χ0n) is 8.44. The second-order valence-electron chi connectivity index (χ2n) is 4.24. The fourth-order valence-corrected chi connectivity index (χ4v) is 2.43. The Bertz CT molecular complexity index is 335. The van der Waals surface area contributed by atoms with Gasteiger partial charge in [-0.1, -0.05) is 25.4 Å². The molecule has 2 rings (SSSR count). The summed E-state index contributed by atoms with van der Waals surface area (Å²) in [6.07, 6.45) is 2.13. The summed E-state index contributed by atoms with van der Waals surface area (Å²) in [7, 11) is 0. The lowest BCUT2D eigenvalue weighted by atomic mass is 9.84. The van der Waals surface area contributed by atoms with Gasteiger partial charge in [-0.2, -0.15) is 5.10 Å². The van der Waals surface area contributed by atoms with Crippen molar-refractivity contribution >= 4 is 11.6 Å². The number of aryl methyl sites for hydroxylation is 1. The maximum absolute atomic E-state index is 10.1. The lowest BCUT2D eigenvalue weighted by molar-refractivity contribution is 0.0477. The third-order valence-corrected chi connectivity index (χ3v) is 3.34. The zero-order chi connectivity index (χ0) is 10.3. The van der Waals surface area contributed by atoms with E-state index in [9.17, 15) is 5.11 Å². The maximum Gasteiger partial charge on any atom is 0.100 e. The number of aromatic nitrogens is 2. The van der Waals surface area contributed by atoms with E-state index in [1.807, 2.05) is 4.68 Å². The molecular formula is C10H15ClN2O. The first-order valence-electron chi connectivity index (χ1n) is 5.00. The Kier molecular flexibility index (Phi) is 2.54. The van der Waals surface area contributed by atoms with E-state index in [2.05, 4.69) is 18.9 Å². The molecule has 0 radical (unpaired) electrons. The van der Waals surface area contributed by atoms with Crippen LogP contribution in [0.5, 0.6) is 0 Å². The Morgan fingerprint density at radius 3 is 3.00 bits per heavy atom. The van der Waals surface area contributed by atoms with Crippen LogP contribution in [0.4, 0.5) is 0 Å². The van der Waals surface area contributed by atoms with Crippen LogP contribution in [0.1, 0.15) is 32.1 Å². The number of halogens is 1. The predicted octanol–water partition coefficient (Wildman–Crippen LogP) is 2.25. The zero-order valence-corrected chi connectivity index (χ0v) is 9.20. The first-order chi connectivity index (χ1) is 6.61. The van der Waals surface area contributed by atoms with Crippen molar-refractivity contribution in [2.24, 2.45) is 11.8 Å². The van der Waals surface area contributed by atoms with Gasteiger partial charge in [-0.3, -0.25) is 4.68 Å². The van der Waals surface area contributed by atoms with E-state index in [-0.39, 0.29) is 0 Å². The first-order valence-corrected chi connectivity index (χ1v) is 5.38. The Morgan fingerprint density at radius 2 is 2.36 bits per heavy atom. The molecule has 2 unspecified atom stereocenters. The molecule has 1 N–H and O–H groups in total. The lowest BCUT2D eigenvalue weighted by Gasteiger charge is -2.31. The molecule has 0 saturated heterocycles. The first kappa shape index (κ1) is 9.99. The number of nitrogens with zero attached hydrogens (tertiary/aromatic N) is 2. The van der Waals surface area contributed by atoms with Gasteiger partial charge in [0.05, 0.1) is 16.9 Å². The van der Waals surface area contributed by atoms with Crippen LogP contribution in [0.25, 0.3) is 0 Å². The molecule has 0 fully saturated rings. The average molecular weight is 215 g/mol. The van der Waals surface area contributed by atoms with E-state index in [1.165, 1.54) is 0 Å². The van der Waals surface area contributed by atoms with Gasteiger partial charge in [0.2, 0.25) is 0 Å². The minimum Gasteiger partial charge on any atom is -0.386 e.